The Kier molecular flexibility index (Phi) is 7.68. The lowest BCUT2D eigenvalue weighted by molar-refractivity contribution is -0.123. The molecule has 2 aromatic rings. The van der Waals surface area contributed by atoms with Crippen LogP contribution in [0.25, 0.3) is 5.57 Å². The highest BCUT2D eigenvalue weighted by molar-refractivity contribution is 7.98. The summed E-state index contributed by atoms with van der Waals surface area (Å²) < 4.78 is 5.03. The van der Waals surface area contributed by atoms with Crippen LogP contribution in [0.4, 0.5) is 16.2 Å². The van der Waals surface area contributed by atoms with Gasteiger partial charge in [-0.1, -0.05) is 18.2 Å². The van der Waals surface area contributed by atoms with Gasteiger partial charge in [-0.25, -0.2) is 9.79 Å². The Hall–Kier alpha value is -3.83. The van der Waals surface area contributed by atoms with Gasteiger partial charge in [0.1, 0.15) is 12.0 Å². The molecule has 2 aromatic carbocycles. The lowest BCUT2D eigenvalue weighted by atomic mass is 9.92. The number of hydrogen-bond donors (Lipinski definition) is 4. The van der Waals surface area contributed by atoms with Gasteiger partial charge >= 0.3 is 6.03 Å². The van der Waals surface area contributed by atoms with Crippen molar-refractivity contribution in [1.29, 1.82) is 0 Å². The maximum absolute atomic E-state index is 13.0. The molecular weight excluding hydrogens is 466 g/mol. The summed E-state index contributed by atoms with van der Waals surface area (Å²) in [6.45, 7) is 1.17. The third kappa shape index (κ3) is 5.64. The zero-order chi connectivity index (χ0) is 24.8. The van der Waals surface area contributed by atoms with Crippen LogP contribution in [-0.2, 0) is 9.53 Å². The first-order valence-electron chi connectivity index (χ1n) is 11.0. The normalized spacial score (nSPS) is 16.6. The van der Waals surface area contributed by atoms with Crippen LogP contribution in [0.5, 0.6) is 0 Å². The van der Waals surface area contributed by atoms with E-state index in [9.17, 15) is 9.59 Å². The number of anilines is 2. The van der Waals surface area contributed by atoms with E-state index >= 15 is 0 Å². The smallest absolute Gasteiger partial charge is 0.323 e. The minimum atomic E-state index is -0.489. The molecule has 182 valence electrons. The van der Waals surface area contributed by atoms with Gasteiger partial charge in [0.15, 0.2) is 5.84 Å². The second-order valence-electron chi connectivity index (χ2n) is 7.81. The van der Waals surface area contributed by atoms with Gasteiger partial charge in [-0.15, -0.1) is 11.8 Å². The van der Waals surface area contributed by atoms with Crippen LogP contribution in [0.3, 0.4) is 0 Å². The third-order valence-electron chi connectivity index (χ3n) is 5.55. The van der Waals surface area contributed by atoms with Crippen LogP contribution >= 0.6 is 11.8 Å². The first-order valence-corrected chi connectivity index (χ1v) is 12.2. The van der Waals surface area contributed by atoms with Gasteiger partial charge in [0.2, 0.25) is 5.91 Å². The molecule has 0 bridgehead atoms. The Labute approximate surface area is 207 Å². The molecule has 0 spiro atoms. The maximum atomic E-state index is 13.0. The van der Waals surface area contributed by atoms with Crippen LogP contribution in [-0.4, -0.2) is 62.2 Å². The molecule has 1 atom stereocenters. The van der Waals surface area contributed by atoms with Crippen molar-refractivity contribution in [2.24, 2.45) is 21.7 Å². The minimum Gasteiger partial charge on any atom is -0.383 e. The van der Waals surface area contributed by atoms with Crippen LogP contribution in [0, 0.1) is 5.92 Å². The second kappa shape index (κ2) is 11.1. The van der Waals surface area contributed by atoms with Crippen molar-refractivity contribution in [2.45, 2.75) is 4.90 Å². The fourth-order valence-corrected chi connectivity index (χ4v) is 4.38. The highest BCUT2D eigenvalue weighted by Gasteiger charge is 2.39. The average Bonchev–Trinajstić information content (AvgIpc) is 3.26. The second-order valence-corrected chi connectivity index (χ2v) is 8.69. The van der Waals surface area contributed by atoms with E-state index in [1.807, 2.05) is 42.7 Å². The molecule has 2 heterocycles. The van der Waals surface area contributed by atoms with Gasteiger partial charge in [-0.3, -0.25) is 9.80 Å². The number of urea groups is 1. The summed E-state index contributed by atoms with van der Waals surface area (Å²) >= 11 is 1.60. The summed E-state index contributed by atoms with van der Waals surface area (Å²) in [4.78, 5) is 30.6. The quantitative estimate of drug-likeness (QED) is 0.330. The number of benzene rings is 2. The van der Waals surface area contributed by atoms with Crippen molar-refractivity contribution in [3.8, 4) is 0 Å². The predicted octanol–water partition coefficient (Wildman–Crippen LogP) is 2.77. The molecule has 2 aliphatic heterocycles. The Morgan fingerprint density at radius 2 is 1.94 bits per heavy atom. The first-order chi connectivity index (χ1) is 17.0. The SMILES string of the molecule is COCCNC(=O)C1CN2N=CN=C(N)C2=C1c1ccc(NC(=O)Nc2cccc(SC)c2)cc1. The van der Waals surface area contributed by atoms with Crippen molar-refractivity contribution < 1.29 is 14.3 Å². The highest BCUT2D eigenvalue weighted by atomic mass is 32.2. The molecule has 2 aliphatic rings. The molecule has 3 amide bonds. The van der Waals surface area contributed by atoms with E-state index < -0.39 is 5.92 Å². The van der Waals surface area contributed by atoms with E-state index in [1.54, 1.807) is 36.0 Å². The molecule has 0 saturated heterocycles. The Bertz CT molecular complexity index is 1190. The van der Waals surface area contributed by atoms with Crippen LogP contribution in [0.2, 0.25) is 0 Å². The number of rotatable bonds is 8. The summed E-state index contributed by atoms with van der Waals surface area (Å²) in [5.41, 5.74) is 9.63. The van der Waals surface area contributed by atoms with Crippen molar-refractivity contribution in [3.63, 3.8) is 0 Å². The number of ether oxygens (including phenoxy) is 1. The highest BCUT2D eigenvalue weighted by Crippen LogP contribution is 2.37. The van der Waals surface area contributed by atoms with E-state index in [-0.39, 0.29) is 11.9 Å². The summed E-state index contributed by atoms with van der Waals surface area (Å²) in [5.74, 6) is -0.330. The van der Waals surface area contributed by atoms with E-state index in [2.05, 4.69) is 26.0 Å². The number of carbonyl (C=O) groups is 2. The molecule has 0 radical (unpaired) electrons. The number of amidine groups is 1. The molecule has 0 aromatic heterocycles. The van der Waals surface area contributed by atoms with Gasteiger partial charge < -0.3 is 26.4 Å². The van der Waals surface area contributed by atoms with Gasteiger partial charge in [0.25, 0.3) is 0 Å². The number of nitrogens with one attached hydrogen (secondary N) is 3. The lowest BCUT2D eigenvalue weighted by Gasteiger charge is -2.18. The number of nitrogens with zero attached hydrogens (tertiary/aromatic N) is 3. The van der Waals surface area contributed by atoms with E-state index in [0.29, 0.717) is 42.6 Å². The van der Waals surface area contributed by atoms with Crippen LogP contribution < -0.4 is 21.7 Å². The molecule has 4 rings (SSSR count). The Morgan fingerprint density at radius 1 is 1.17 bits per heavy atom. The number of methoxy groups -OCH3 is 1. The van der Waals surface area contributed by atoms with Crippen molar-refractivity contribution in [2.75, 3.05) is 43.7 Å². The molecule has 0 fully saturated rings. The summed E-state index contributed by atoms with van der Waals surface area (Å²) in [5, 5.41) is 14.5. The number of amides is 3. The molecule has 35 heavy (non-hydrogen) atoms. The van der Waals surface area contributed by atoms with Crippen molar-refractivity contribution in [1.82, 2.24) is 10.3 Å². The summed E-state index contributed by atoms with van der Waals surface area (Å²) in [7, 11) is 1.58. The fourth-order valence-electron chi connectivity index (χ4n) is 3.92. The molecule has 1 unspecified atom stereocenters. The van der Waals surface area contributed by atoms with Crippen LogP contribution in [0.15, 0.2) is 69.2 Å². The number of hydrazone groups is 1. The lowest BCUT2D eigenvalue weighted by Crippen LogP contribution is -2.35. The number of carbonyl (C=O) groups excluding carboxylic acids is 2. The fraction of sp³-hybridized carbons (Fsp3) is 0.250. The van der Waals surface area contributed by atoms with Crippen molar-refractivity contribution >= 4 is 52.8 Å². The first kappa shape index (κ1) is 24.3. The predicted molar refractivity (Wildman–Crippen MR) is 139 cm³/mol. The Balaban J connectivity index is 1.52. The molecule has 11 heteroatoms. The van der Waals surface area contributed by atoms with Gasteiger partial charge in [-0.2, -0.15) is 5.10 Å². The Morgan fingerprint density at radius 3 is 2.69 bits per heavy atom. The van der Waals surface area contributed by atoms with Crippen molar-refractivity contribution in [3.05, 3.63) is 59.8 Å². The average molecular weight is 494 g/mol. The largest absolute Gasteiger partial charge is 0.383 e. The molecule has 0 saturated carbocycles. The summed E-state index contributed by atoms with van der Waals surface area (Å²) in [6.07, 6.45) is 3.36. The maximum Gasteiger partial charge on any atom is 0.323 e. The van der Waals surface area contributed by atoms with E-state index in [4.69, 9.17) is 10.5 Å². The zero-order valence-corrected chi connectivity index (χ0v) is 20.3. The molecule has 0 aliphatic carbocycles. The standard InChI is InChI=1S/C24H27N7O3S/c1-34-11-10-26-23(32)19-13-31-21(22(25)27-14-28-31)20(19)15-6-8-16(9-7-15)29-24(33)30-17-4-3-5-18(12-17)35-2/h3-9,12,14,19H,10-11,13H2,1-2H3,(H,26,32)(H2,25,27,28)(H2,29,30,33). The zero-order valence-electron chi connectivity index (χ0n) is 19.4. The molecular formula is C24H27N7O3S. The topological polar surface area (TPSA) is 133 Å². The number of hydrogen-bond acceptors (Lipinski definition) is 8. The van der Waals surface area contributed by atoms with Gasteiger partial charge in [0.05, 0.1) is 19.1 Å². The number of fused-ring (bicyclic) bond motifs is 1. The summed E-state index contributed by atoms with van der Waals surface area (Å²) in [6, 6.07) is 14.5. The van der Waals surface area contributed by atoms with E-state index in [0.717, 1.165) is 16.0 Å². The van der Waals surface area contributed by atoms with E-state index in [1.165, 1.54) is 6.34 Å². The number of nitrogens with two attached hydrogens (primary N) is 1. The van der Waals surface area contributed by atoms with Gasteiger partial charge in [0, 0.05) is 35.5 Å². The molecule has 5 N–H and O–H groups in total. The minimum absolute atomic E-state index is 0.143. The third-order valence-corrected chi connectivity index (χ3v) is 6.28. The van der Waals surface area contributed by atoms with Gasteiger partial charge in [-0.05, 0) is 42.2 Å². The number of thioether (sulfide) groups is 1. The monoisotopic (exact) mass is 493 g/mol. The van der Waals surface area contributed by atoms with Crippen LogP contribution in [0.1, 0.15) is 5.56 Å². The molecule has 10 nitrogen and oxygen atoms in total. The number of aliphatic imine (C=N–C) groups is 1.